The Labute approximate surface area is 260 Å². The Bertz CT molecular complexity index is 1210. The molecular formula is C33H49N7O4. The lowest BCUT2D eigenvalue weighted by atomic mass is 9.81. The number of primary amides is 1. The summed E-state index contributed by atoms with van der Waals surface area (Å²) < 4.78 is 5.67. The molecule has 0 saturated heterocycles. The molecule has 3 amide bonds. The number of benzene rings is 1. The lowest BCUT2D eigenvalue weighted by Gasteiger charge is -2.35. The first-order chi connectivity index (χ1) is 21.1. The van der Waals surface area contributed by atoms with Crippen LogP contribution in [-0.2, 0) is 27.2 Å². The van der Waals surface area contributed by atoms with Crippen LogP contribution in [-0.4, -0.2) is 51.9 Å². The Kier molecular flexibility index (Phi) is 13.4. The van der Waals surface area contributed by atoms with Gasteiger partial charge in [-0.2, -0.15) is 0 Å². The highest BCUT2D eigenvalue weighted by atomic mass is 16.6. The standard InChI is InChI=1S/C33H49N7O4/c1-4-24(21(2)3)17-29(44-33(36)43)27(16-23-13-9-6-10-14-23)39-32(42)28(18-25-19-37-20-38-25)40-31(41)26(30(34)35)15-22-11-7-5-8-12-22/h4-5,7-8,11-12,19-21,23-24,26-29H,1,6,9-10,13-18H2,2-3H3,(H3,34,35)(H2,36,43)(H,37,38)(H,39,42)(H,40,41)/t24-,26-,27-,28-,29+/m0/s1. The van der Waals surface area contributed by atoms with Gasteiger partial charge in [0.05, 0.1) is 24.0 Å². The average molecular weight is 608 g/mol. The summed E-state index contributed by atoms with van der Waals surface area (Å²) in [6, 6.07) is 7.74. The van der Waals surface area contributed by atoms with Gasteiger partial charge in [0.25, 0.3) is 0 Å². The maximum Gasteiger partial charge on any atom is 0.404 e. The number of ether oxygens (including phenoxy) is 1. The van der Waals surface area contributed by atoms with E-state index >= 15 is 0 Å². The number of aromatic nitrogens is 2. The second-order valence-corrected chi connectivity index (χ2v) is 12.2. The van der Waals surface area contributed by atoms with E-state index in [0.29, 0.717) is 24.5 Å². The first kappa shape index (κ1) is 34.3. The van der Waals surface area contributed by atoms with Crippen molar-refractivity contribution in [2.75, 3.05) is 0 Å². The van der Waals surface area contributed by atoms with Crippen molar-refractivity contribution in [1.29, 1.82) is 5.41 Å². The zero-order valence-electron chi connectivity index (χ0n) is 26.0. The van der Waals surface area contributed by atoms with Gasteiger partial charge in [0.15, 0.2) is 0 Å². The van der Waals surface area contributed by atoms with E-state index in [4.69, 9.17) is 21.6 Å². The first-order valence-electron chi connectivity index (χ1n) is 15.6. The summed E-state index contributed by atoms with van der Waals surface area (Å²) in [4.78, 5) is 46.8. The van der Waals surface area contributed by atoms with Gasteiger partial charge in [-0.25, -0.2) is 9.78 Å². The Hall–Kier alpha value is -4.15. The molecule has 5 atom stereocenters. The summed E-state index contributed by atoms with van der Waals surface area (Å²) in [5, 5.41) is 14.1. The van der Waals surface area contributed by atoms with Crippen molar-refractivity contribution in [3.05, 3.63) is 66.8 Å². The molecule has 44 heavy (non-hydrogen) atoms. The third-order valence-electron chi connectivity index (χ3n) is 8.60. The molecule has 11 nitrogen and oxygen atoms in total. The molecule has 1 aromatic carbocycles. The van der Waals surface area contributed by atoms with Gasteiger partial charge in [-0.3, -0.25) is 15.0 Å². The number of nitrogens with two attached hydrogens (primary N) is 2. The molecule has 1 aliphatic carbocycles. The summed E-state index contributed by atoms with van der Waals surface area (Å²) in [5.41, 5.74) is 12.8. The highest BCUT2D eigenvalue weighted by Crippen LogP contribution is 2.31. The molecule has 1 fully saturated rings. The molecule has 1 aliphatic rings. The molecule has 1 heterocycles. The van der Waals surface area contributed by atoms with Crippen molar-refractivity contribution in [1.82, 2.24) is 20.6 Å². The number of carbonyl (C=O) groups excluding carboxylic acids is 3. The molecule has 0 aliphatic heterocycles. The number of imidazole rings is 1. The van der Waals surface area contributed by atoms with Crippen molar-refractivity contribution < 1.29 is 19.1 Å². The number of H-pyrrole nitrogens is 1. The van der Waals surface area contributed by atoms with Crippen molar-refractivity contribution >= 4 is 23.7 Å². The van der Waals surface area contributed by atoms with Crippen LogP contribution in [0.2, 0.25) is 0 Å². The third kappa shape index (κ3) is 10.8. The van der Waals surface area contributed by atoms with E-state index < -0.39 is 42.0 Å². The number of hydrogen-bond donors (Lipinski definition) is 6. The summed E-state index contributed by atoms with van der Waals surface area (Å²) in [7, 11) is 0. The Morgan fingerprint density at radius 3 is 2.36 bits per heavy atom. The number of nitrogens with one attached hydrogen (secondary N) is 4. The fourth-order valence-electron chi connectivity index (χ4n) is 6.01. The summed E-state index contributed by atoms with van der Waals surface area (Å²) in [5.74, 6) is -1.62. The summed E-state index contributed by atoms with van der Waals surface area (Å²) >= 11 is 0. The van der Waals surface area contributed by atoms with E-state index in [1.54, 1.807) is 6.20 Å². The lowest BCUT2D eigenvalue weighted by Crippen LogP contribution is -2.56. The molecule has 11 heteroatoms. The molecule has 1 aromatic heterocycles. The maximum atomic E-state index is 14.0. The topological polar surface area (TPSA) is 189 Å². The minimum atomic E-state index is -1.02. The van der Waals surface area contributed by atoms with E-state index in [-0.39, 0.29) is 30.5 Å². The van der Waals surface area contributed by atoms with E-state index in [9.17, 15) is 14.4 Å². The predicted octanol–water partition coefficient (Wildman–Crippen LogP) is 4.00. The largest absolute Gasteiger partial charge is 0.444 e. The number of hydrogen-bond acceptors (Lipinski definition) is 6. The molecule has 0 bridgehead atoms. The van der Waals surface area contributed by atoms with Crippen LogP contribution in [0, 0.1) is 29.1 Å². The summed E-state index contributed by atoms with van der Waals surface area (Å²) in [6.07, 6.45) is 10.2. The van der Waals surface area contributed by atoms with Crippen LogP contribution in [0.3, 0.4) is 0 Å². The zero-order valence-corrected chi connectivity index (χ0v) is 26.0. The molecule has 0 spiro atoms. The second kappa shape index (κ2) is 17.2. The van der Waals surface area contributed by atoms with Crippen LogP contribution in [0.4, 0.5) is 4.79 Å². The van der Waals surface area contributed by atoms with E-state index in [2.05, 4.69) is 41.0 Å². The normalized spacial score (nSPS) is 17.1. The number of allylic oxidation sites excluding steroid dienone is 1. The van der Waals surface area contributed by atoms with Crippen LogP contribution in [0.25, 0.3) is 0 Å². The molecule has 3 rings (SSSR count). The molecule has 240 valence electrons. The van der Waals surface area contributed by atoms with Gasteiger partial charge in [-0.05, 0) is 42.6 Å². The van der Waals surface area contributed by atoms with Gasteiger partial charge >= 0.3 is 6.09 Å². The monoisotopic (exact) mass is 607 g/mol. The minimum absolute atomic E-state index is 0.0268. The molecule has 0 radical (unpaired) electrons. The zero-order chi connectivity index (χ0) is 32.1. The van der Waals surface area contributed by atoms with Gasteiger partial charge in [0.2, 0.25) is 11.8 Å². The molecular weight excluding hydrogens is 558 g/mol. The van der Waals surface area contributed by atoms with Gasteiger partial charge < -0.3 is 31.8 Å². The van der Waals surface area contributed by atoms with Gasteiger partial charge in [0, 0.05) is 12.6 Å². The number of rotatable bonds is 17. The Balaban J connectivity index is 1.88. The van der Waals surface area contributed by atoms with E-state index in [0.717, 1.165) is 31.2 Å². The number of aromatic amines is 1. The molecule has 2 aromatic rings. The maximum absolute atomic E-state index is 14.0. The van der Waals surface area contributed by atoms with Gasteiger partial charge in [-0.1, -0.05) is 82.4 Å². The number of amides is 3. The molecule has 0 unspecified atom stereocenters. The Morgan fingerprint density at radius 2 is 1.80 bits per heavy atom. The lowest BCUT2D eigenvalue weighted by molar-refractivity contribution is -0.131. The van der Waals surface area contributed by atoms with Crippen LogP contribution in [0.15, 0.2) is 55.5 Å². The van der Waals surface area contributed by atoms with Gasteiger partial charge in [-0.15, -0.1) is 6.58 Å². The number of amidine groups is 1. The highest BCUT2D eigenvalue weighted by molar-refractivity contribution is 6.02. The first-order valence-corrected chi connectivity index (χ1v) is 15.6. The van der Waals surface area contributed by atoms with Crippen LogP contribution >= 0.6 is 0 Å². The fourth-order valence-corrected chi connectivity index (χ4v) is 6.01. The van der Waals surface area contributed by atoms with E-state index in [1.807, 2.05) is 36.4 Å². The number of nitrogens with zero attached hydrogens (tertiary/aromatic N) is 1. The molecule has 1 saturated carbocycles. The predicted molar refractivity (Wildman–Crippen MR) is 170 cm³/mol. The van der Waals surface area contributed by atoms with Gasteiger partial charge in [0.1, 0.15) is 18.0 Å². The third-order valence-corrected chi connectivity index (χ3v) is 8.60. The number of carbonyl (C=O) groups is 3. The van der Waals surface area contributed by atoms with Crippen LogP contribution in [0.1, 0.15) is 70.1 Å². The SMILES string of the molecule is C=C[C@@H](C[C@@H](OC(N)=O)[C@H](CC1CCCCC1)NC(=O)[C@H](Cc1c[nH]cn1)NC(=O)[C@@H](Cc1ccccc1)C(=N)N)C(C)C. The Morgan fingerprint density at radius 1 is 1.09 bits per heavy atom. The smallest absolute Gasteiger partial charge is 0.404 e. The summed E-state index contributed by atoms with van der Waals surface area (Å²) in [6.45, 7) is 8.11. The van der Waals surface area contributed by atoms with Crippen molar-refractivity contribution in [3.8, 4) is 0 Å². The fraction of sp³-hybridized carbons (Fsp3) is 0.545. The quantitative estimate of drug-likeness (QED) is 0.0895. The average Bonchev–Trinajstić information content (AvgIpc) is 3.51. The van der Waals surface area contributed by atoms with Crippen molar-refractivity contribution in [2.45, 2.75) is 89.8 Å². The van der Waals surface area contributed by atoms with Crippen LogP contribution < -0.4 is 22.1 Å². The highest BCUT2D eigenvalue weighted by Gasteiger charge is 2.35. The minimum Gasteiger partial charge on any atom is -0.444 e. The van der Waals surface area contributed by atoms with Crippen molar-refractivity contribution in [3.63, 3.8) is 0 Å². The van der Waals surface area contributed by atoms with Crippen molar-refractivity contribution in [2.24, 2.45) is 35.1 Å². The van der Waals surface area contributed by atoms with E-state index in [1.165, 1.54) is 12.7 Å². The van der Waals surface area contributed by atoms with Crippen LogP contribution in [0.5, 0.6) is 0 Å². The molecule has 8 N–H and O–H groups in total. The second-order valence-electron chi connectivity index (χ2n) is 12.2.